The van der Waals surface area contributed by atoms with Crippen LogP contribution in [-0.2, 0) is 4.84 Å². The predicted molar refractivity (Wildman–Crippen MR) is 48.0 cm³/mol. The molecule has 1 aromatic rings. The zero-order chi connectivity index (χ0) is 10.4. The predicted octanol–water partition coefficient (Wildman–Crippen LogP) is 0.456. The second-order valence-corrected chi connectivity index (χ2v) is 2.75. The summed E-state index contributed by atoms with van der Waals surface area (Å²) >= 11 is 0. The summed E-state index contributed by atoms with van der Waals surface area (Å²) < 4.78 is 17.6. The summed E-state index contributed by atoms with van der Waals surface area (Å²) in [7, 11) is 0. The Kier molecular flexibility index (Phi) is 4.31. The molecule has 1 atom stereocenters. The van der Waals surface area contributed by atoms with Crippen LogP contribution in [0.15, 0.2) is 24.3 Å². The van der Waals surface area contributed by atoms with E-state index in [-0.39, 0.29) is 19.0 Å². The van der Waals surface area contributed by atoms with Gasteiger partial charge in [-0.3, -0.25) is 0 Å². The van der Waals surface area contributed by atoms with Crippen LogP contribution in [0.25, 0.3) is 0 Å². The first kappa shape index (κ1) is 10.9. The number of nitrogens with two attached hydrogens (primary N) is 1. The minimum atomic E-state index is -0.787. The van der Waals surface area contributed by atoms with Crippen molar-refractivity contribution in [3.63, 3.8) is 0 Å². The number of aliphatic hydroxyl groups is 1. The van der Waals surface area contributed by atoms with Crippen molar-refractivity contribution in [1.82, 2.24) is 0 Å². The molecule has 0 radical (unpaired) electrons. The lowest BCUT2D eigenvalue weighted by Crippen LogP contribution is -2.25. The molecule has 3 N–H and O–H groups in total. The Morgan fingerprint density at radius 3 is 2.50 bits per heavy atom. The van der Waals surface area contributed by atoms with Crippen molar-refractivity contribution in [3.8, 4) is 5.75 Å². The van der Waals surface area contributed by atoms with Crippen LogP contribution in [0.5, 0.6) is 5.75 Å². The Morgan fingerprint density at radius 1 is 1.29 bits per heavy atom. The fourth-order valence-corrected chi connectivity index (χ4v) is 0.882. The van der Waals surface area contributed by atoms with Crippen LogP contribution in [0.2, 0.25) is 0 Å². The van der Waals surface area contributed by atoms with Gasteiger partial charge in [0, 0.05) is 0 Å². The third kappa shape index (κ3) is 3.69. The molecule has 0 aliphatic carbocycles. The fraction of sp³-hybridized carbons (Fsp3) is 0.333. The van der Waals surface area contributed by atoms with Crippen LogP contribution in [0.4, 0.5) is 4.39 Å². The molecule has 0 heterocycles. The molecule has 78 valence electrons. The van der Waals surface area contributed by atoms with Crippen molar-refractivity contribution < 1.29 is 19.1 Å². The molecule has 0 fully saturated rings. The monoisotopic (exact) mass is 201 g/mol. The van der Waals surface area contributed by atoms with Crippen LogP contribution < -0.4 is 10.6 Å². The summed E-state index contributed by atoms with van der Waals surface area (Å²) in [6.45, 7) is 0.0596. The largest absolute Gasteiger partial charge is 0.491 e. The number of hydrogen-bond acceptors (Lipinski definition) is 4. The zero-order valence-electron chi connectivity index (χ0n) is 7.52. The van der Waals surface area contributed by atoms with Gasteiger partial charge in [-0.2, -0.15) is 0 Å². The summed E-state index contributed by atoms with van der Waals surface area (Å²) in [6.07, 6.45) is -0.787. The third-order valence-corrected chi connectivity index (χ3v) is 1.54. The lowest BCUT2D eigenvalue weighted by molar-refractivity contribution is 0.0116. The Morgan fingerprint density at radius 2 is 1.93 bits per heavy atom. The standard InChI is InChI=1S/C9H12FNO3/c10-7-1-3-9(4-2-7)13-5-8(12)6-14-11/h1-4,8,12H,5-6,11H2. The van der Waals surface area contributed by atoms with Crippen molar-refractivity contribution in [2.24, 2.45) is 5.90 Å². The van der Waals surface area contributed by atoms with Gasteiger partial charge >= 0.3 is 0 Å². The Hall–Kier alpha value is -1.17. The molecule has 0 spiro atoms. The van der Waals surface area contributed by atoms with Crippen molar-refractivity contribution >= 4 is 0 Å². The zero-order valence-corrected chi connectivity index (χ0v) is 7.52. The summed E-state index contributed by atoms with van der Waals surface area (Å²) in [4.78, 5) is 4.22. The van der Waals surface area contributed by atoms with E-state index in [9.17, 15) is 4.39 Å². The van der Waals surface area contributed by atoms with Gasteiger partial charge in [-0.1, -0.05) is 0 Å². The molecule has 1 rings (SSSR count). The molecule has 0 aromatic heterocycles. The van der Waals surface area contributed by atoms with Crippen molar-refractivity contribution in [3.05, 3.63) is 30.1 Å². The van der Waals surface area contributed by atoms with E-state index in [1.165, 1.54) is 24.3 Å². The van der Waals surface area contributed by atoms with E-state index in [0.717, 1.165) is 0 Å². The topological polar surface area (TPSA) is 64.7 Å². The Labute approximate surface area is 81.0 Å². The molecule has 0 aliphatic heterocycles. The van der Waals surface area contributed by atoms with E-state index in [1.54, 1.807) is 0 Å². The molecule has 0 saturated heterocycles. The molecule has 0 saturated carbocycles. The second-order valence-electron chi connectivity index (χ2n) is 2.75. The first-order valence-electron chi connectivity index (χ1n) is 4.10. The van der Waals surface area contributed by atoms with Gasteiger partial charge in [-0.05, 0) is 24.3 Å². The highest BCUT2D eigenvalue weighted by molar-refractivity contribution is 5.21. The average Bonchev–Trinajstić information content (AvgIpc) is 2.17. The fourth-order valence-electron chi connectivity index (χ4n) is 0.882. The Bertz CT molecular complexity index is 265. The van der Waals surface area contributed by atoms with Crippen LogP contribution in [0, 0.1) is 5.82 Å². The van der Waals surface area contributed by atoms with Crippen LogP contribution in [0.3, 0.4) is 0 Å². The van der Waals surface area contributed by atoms with Gasteiger partial charge in [0.1, 0.15) is 24.3 Å². The lowest BCUT2D eigenvalue weighted by Gasteiger charge is -2.10. The minimum absolute atomic E-state index is 0.00119. The second kappa shape index (κ2) is 5.54. The summed E-state index contributed by atoms with van der Waals surface area (Å²) in [6, 6.07) is 5.51. The highest BCUT2D eigenvalue weighted by atomic mass is 19.1. The molecule has 4 nitrogen and oxygen atoms in total. The SMILES string of the molecule is NOCC(O)COc1ccc(F)cc1. The molecule has 1 aromatic carbocycles. The van der Waals surface area contributed by atoms with Gasteiger partial charge in [0.2, 0.25) is 0 Å². The van der Waals surface area contributed by atoms with Gasteiger partial charge < -0.3 is 14.7 Å². The molecule has 1 unspecified atom stereocenters. The molecule has 14 heavy (non-hydrogen) atoms. The van der Waals surface area contributed by atoms with E-state index >= 15 is 0 Å². The van der Waals surface area contributed by atoms with E-state index in [2.05, 4.69) is 4.84 Å². The van der Waals surface area contributed by atoms with Crippen LogP contribution >= 0.6 is 0 Å². The van der Waals surface area contributed by atoms with Gasteiger partial charge in [-0.25, -0.2) is 10.3 Å². The number of rotatable bonds is 5. The van der Waals surface area contributed by atoms with E-state index in [0.29, 0.717) is 5.75 Å². The number of ether oxygens (including phenoxy) is 1. The van der Waals surface area contributed by atoms with Crippen LogP contribution in [0.1, 0.15) is 0 Å². The third-order valence-electron chi connectivity index (χ3n) is 1.54. The van der Waals surface area contributed by atoms with Crippen molar-refractivity contribution in [2.45, 2.75) is 6.10 Å². The molecular formula is C9H12FNO3. The number of hydrogen-bond donors (Lipinski definition) is 2. The number of benzene rings is 1. The highest BCUT2D eigenvalue weighted by Crippen LogP contribution is 2.11. The molecule has 0 bridgehead atoms. The quantitative estimate of drug-likeness (QED) is 0.679. The van der Waals surface area contributed by atoms with E-state index in [4.69, 9.17) is 15.7 Å². The van der Waals surface area contributed by atoms with Crippen LogP contribution in [-0.4, -0.2) is 24.4 Å². The maximum atomic E-state index is 12.5. The maximum absolute atomic E-state index is 12.5. The van der Waals surface area contributed by atoms with Gasteiger partial charge in [0.25, 0.3) is 0 Å². The number of halogens is 1. The van der Waals surface area contributed by atoms with E-state index in [1.807, 2.05) is 0 Å². The maximum Gasteiger partial charge on any atom is 0.123 e. The normalized spacial score (nSPS) is 12.5. The molecule has 5 heteroatoms. The van der Waals surface area contributed by atoms with Crippen molar-refractivity contribution in [2.75, 3.05) is 13.2 Å². The molecule has 0 aliphatic rings. The number of aliphatic hydroxyl groups excluding tert-OH is 1. The van der Waals surface area contributed by atoms with Gasteiger partial charge in [-0.15, -0.1) is 0 Å². The molecule has 0 amide bonds. The van der Waals surface area contributed by atoms with E-state index < -0.39 is 6.10 Å². The first-order valence-corrected chi connectivity index (χ1v) is 4.10. The highest BCUT2D eigenvalue weighted by Gasteiger charge is 2.04. The molecular weight excluding hydrogens is 189 g/mol. The smallest absolute Gasteiger partial charge is 0.123 e. The minimum Gasteiger partial charge on any atom is -0.491 e. The lowest BCUT2D eigenvalue weighted by atomic mass is 10.3. The summed E-state index contributed by atoms with van der Waals surface area (Å²) in [5, 5.41) is 9.16. The first-order chi connectivity index (χ1) is 6.72. The van der Waals surface area contributed by atoms with Gasteiger partial charge in [0.05, 0.1) is 6.61 Å². The summed E-state index contributed by atoms with van der Waals surface area (Å²) in [5.74, 6) is 4.91. The van der Waals surface area contributed by atoms with Gasteiger partial charge in [0.15, 0.2) is 0 Å². The average molecular weight is 201 g/mol. The summed E-state index contributed by atoms with van der Waals surface area (Å²) in [5.41, 5.74) is 0. The Balaban J connectivity index is 2.34. The van der Waals surface area contributed by atoms with Crippen molar-refractivity contribution in [1.29, 1.82) is 0 Å².